The third-order valence-electron chi connectivity index (χ3n) is 5.15. The Labute approximate surface area is 204 Å². The Kier molecular flexibility index (Phi) is 6.77. The van der Waals surface area contributed by atoms with Crippen LogP contribution in [0.3, 0.4) is 0 Å². The van der Waals surface area contributed by atoms with Crippen LogP contribution < -0.4 is 0 Å². The predicted octanol–water partition coefficient (Wildman–Crippen LogP) is 8.66. The van der Waals surface area contributed by atoms with E-state index in [1.807, 2.05) is 54.6 Å². The average Bonchev–Trinajstić information content (AvgIpc) is 3.29. The Bertz CT molecular complexity index is 1360. The maximum absolute atomic E-state index is 10.8. The summed E-state index contributed by atoms with van der Waals surface area (Å²) < 4.78 is 1.24. The number of benzene rings is 2. The zero-order valence-electron chi connectivity index (χ0n) is 17.0. The van der Waals surface area contributed by atoms with E-state index in [9.17, 15) is 4.79 Å². The first-order valence-electron chi connectivity index (χ1n) is 9.85. The van der Waals surface area contributed by atoms with E-state index < -0.39 is 5.97 Å². The molecule has 0 radical (unpaired) electrons. The molecule has 2 aromatic carbocycles. The van der Waals surface area contributed by atoms with Crippen LogP contribution in [0.1, 0.15) is 35.7 Å². The lowest BCUT2D eigenvalue weighted by Crippen LogP contribution is -1.96. The van der Waals surface area contributed by atoms with Crippen LogP contribution in [0.15, 0.2) is 60.7 Å². The number of hydrogen-bond donors (Lipinski definition) is 2. The molecular weight excluding hydrogens is 485 g/mol. The molecular formula is C25H18Cl3NO2S. The number of H-pyrrole nitrogens is 1. The molecule has 2 aromatic heterocycles. The number of hydrogen-bond acceptors (Lipinski definition) is 2. The van der Waals surface area contributed by atoms with Gasteiger partial charge in [-0.05, 0) is 41.3 Å². The summed E-state index contributed by atoms with van der Waals surface area (Å²) in [6.45, 7) is 2.07. The summed E-state index contributed by atoms with van der Waals surface area (Å²) in [7, 11) is 0. The number of para-hydroxylation sites is 1. The van der Waals surface area contributed by atoms with Crippen molar-refractivity contribution < 1.29 is 9.90 Å². The first kappa shape index (κ1) is 22.7. The zero-order chi connectivity index (χ0) is 22.8. The molecule has 3 nitrogen and oxygen atoms in total. The van der Waals surface area contributed by atoms with E-state index in [1.165, 1.54) is 11.3 Å². The highest BCUT2D eigenvalue weighted by molar-refractivity contribution is 7.20. The quantitative estimate of drug-likeness (QED) is 0.259. The number of halogens is 3. The molecule has 162 valence electrons. The first-order chi connectivity index (χ1) is 15.4. The summed E-state index contributed by atoms with van der Waals surface area (Å²) in [5.41, 5.74) is 6.28. The van der Waals surface area contributed by atoms with Gasteiger partial charge in [0.1, 0.15) is 4.34 Å². The fraction of sp³-hybridized carbons (Fsp3) is 0.0800. The molecule has 4 aromatic rings. The van der Waals surface area contributed by atoms with Gasteiger partial charge in [-0.3, -0.25) is 0 Å². The molecule has 0 fully saturated rings. The lowest BCUT2D eigenvalue weighted by molar-refractivity contribution is -0.131. The molecule has 2 heterocycles. The van der Waals surface area contributed by atoms with Crippen LogP contribution in [0.5, 0.6) is 0 Å². The average molecular weight is 503 g/mol. The summed E-state index contributed by atoms with van der Waals surface area (Å²) in [5, 5.41) is 10.5. The van der Waals surface area contributed by atoms with Crippen molar-refractivity contribution in [1.29, 1.82) is 0 Å². The number of fused-ring (bicyclic) bond motifs is 1. The third kappa shape index (κ3) is 4.50. The Morgan fingerprint density at radius 3 is 2.41 bits per heavy atom. The van der Waals surface area contributed by atoms with Crippen molar-refractivity contribution in [2.75, 3.05) is 0 Å². The normalized spacial score (nSPS) is 12.5. The summed E-state index contributed by atoms with van der Waals surface area (Å²) in [4.78, 5) is 14.3. The highest BCUT2D eigenvalue weighted by atomic mass is 35.5. The maximum Gasteiger partial charge on any atom is 0.328 e. The fourth-order valence-electron chi connectivity index (χ4n) is 3.73. The number of carboxylic acid groups (broad SMARTS) is 1. The molecule has 2 N–H and O–H groups in total. The van der Waals surface area contributed by atoms with Crippen molar-refractivity contribution in [3.63, 3.8) is 0 Å². The molecule has 0 saturated carbocycles. The number of carbonyl (C=O) groups is 1. The summed E-state index contributed by atoms with van der Waals surface area (Å²) >= 11 is 21.0. The molecule has 0 unspecified atom stereocenters. The molecule has 0 aliphatic heterocycles. The number of aromatic amines is 1. The van der Waals surface area contributed by atoms with Gasteiger partial charge in [0.05, 0.1) is 15.1 Å². The minimum atomic E-state index is -0.989. The number of thiophene rings is 1. The predicted molar refractivity (Wildman–Crippen MR) is 137 cm³/mol. The highest BCUT2D eigenvalue weighted by Gasteiger charge is 2.21. The van der Waals surface area contributed by atoms with Crippen LogP contribution in [0.2, 0.25) is 13.7 Å². The lowest BCUT2D eigenvalue weighted by atomic mass is 9.91. The second kappa shape index (κ2) is 9.55. The van der Waals surface area contributed by atoms with Crippen LogP contribution in [-0.2, 0) is 4.79 Å². The Hall–Kier alpha value is -2.50. The number of rotatable bonds is 6. The molecule has 7 heteroatoms. The van der Waals surface area contributed by atoms with Crippen LogP contribution in [-0.4, -0.2) is 16.1 Å². The van der Waals surface area contributed by atoms with E-state index in [2.05, 4.69) is 11.9 Å². The standard InChI is InChI=1S/C25H18Cl3NO2S/c1-2-16(18-13-20(26)32-25(18)28)22(15-10-7-14(8-11-15)9-12-21(30)31)24-23(27)17-5-3-4-6-19(17)29-24/h3-13,29H,2H2,1H3,(H,30,31)/b12-9+,22-16+. The van der Waals surface area contributed by atoms with Gasteiger partial charge in [0.15, 0.2) is 0 Å². The van der Waals surface area contributed by atoms with Gasteiger partial charge in [-0.1, -0.05) is 84.2 Å². The van der Waals surface area contributed by atoms with Crippen molar-refractivity contribution in [1.82, 2.24) is 4.98 Å². The molecule has 0 bridgehead atoms. The second-order valence-electron chi connectivity index (χ2n) is 7.10. The topological polar surface area (TPSA) is 53.1 Å². The molecule has 0 spiro atoms. The molecule has 32 heavy (non-hydrogen) atoms. The zero-order valence-corrected chi connectivity index (χ0v) is 20.0. The number of nitrogens with one attached hydrogen (secondary N) is 1. The summed E-state index contributed by atoms with van der Waals surface area (Å²) in [6, 6.07) is 17.4. The Balaban J connectivity index is 1.97. The van der Waals surface area contributed by atoms with E-state index in [0.29, 0.717) is 20.1 Å². The van der Waals surface area contributed by atoms with Crippen molar-refractivity contribution in [2.24, 2.45) is 0 Å². The Morgan fingerprint density at radius 2 is 1.81 bits per heavy atom. The van der Waals surface area contributed by atoms with Crippen molar-refractivity contribution in [3.8, 4) is 0 Å². The lowest BCUT2D eigenvalue weighted by Gasteiger charge is -2.15. The molecule has 0 saturated heterocycles. The van der Waals surface area contributed by atoms with Gasteiger partial charge in [-0.15, -0.1) is 11.3 Å². The van der Waals surface area contributed by atoms with Gasteiger partial charge in [0, 0.05) is 28.1 Å². The SMILES string of the molecule is CC/C(=C(/c1ccc(/C=C/C(=O)O)cc1)c1[nH]c2ccccc2c1Cl)c1cc(Cl)sc1Cl. The number of carboxylic acids is 1. The molecule has 0 aliphatic carbocycles. The van der Waals surface area contributed by atoms with E-state index in [1.54, 1.807) is 6.08 Å². The van der Waals surface area contributed by atoms with E-state index in [-0.39, 0.29) is 0 Å². The van der Waals surface area contributed by atoms with E-state index >= 15 is 0 Å². The minimum Gasteiger partial charge on any atom is -0.478 e. The summed E-state index contributed by atoms with van der Waals surface area (Å²) in [5.74, 6) is -0.989. The molecule has 0 amide bonds. The molecule has 4 rings (SSSR count). The molecule has 0 atom stereocenters. The monoisotopic (exact) mass is 501 g/mol. The van der Waals surface area contributed by atoms with Gasteiger partial charge in [-0.2, -0.15) is 0 Å². The van der Waals surface area contributed by atoms with Gasteiger partial charge >= 0.3 is 5.97 Å². The highest BCUT2D eigenvalue weighted by Crippen LogP contribution is 2.44. The fourth-order valence-corrected chi connectivity index (χ4v) is 5.55. The second-order valence-corrected chi connectivity index (χ2v) is 9.76. The van der Waals surface area contributed by atoms with Crippen LogP contribution >= 0.6 is 46.1 Å². The van der Waals surface area contributed by atoms with Crippen molar-refractivity contribution in [3.05, 3.63) is 96.8 Å². The van der Waals surface area contributed by atoms with Gasteiger partial charge in [0.25, 0.3) is 0 Å². The van der Waals surface area contributed by atoms with Crippen LogP contribution in [0.25, 0.3) is 28.1 Å². The van der Waals surface area contributed by atoms with Crippen molar-refractivity contribution in [2.45, 2.75) is 13.3 Å². The van der Waals surface area contributed by atoms with Gasteiger partial charge in [0.2, 0.25) is 0 Å². The Morgan fingerprint density at radius 1 is 1.09 bits per heavy atom. The smallest absolute Gasteiger partial charge is 0.328 e. The van der Waals surface area contributed by atoms with Crippen LogP contribution in [0, 0.1) is 0 Å². The number of aliphatic carboxylic acids is 1. The first-order valence-corrected chi connectivity index (χ1v) is 11.8. The minimum absolute atomic E-state index is 0.618. The number of aromatic nitrogens is 1. The van der Waals surface area contributed by atoms with Crippen LogP contribution in [0.4, 0.5) is 0 Å². The summed E-state index contributed by atoms with van der Waals surface area (Å²) in [6.07, 6.45) is 3.38. The maximum atomic E-state index is 10.8. The number of allylic oxidation sites excluding steroid dienone is 1. The third-order valence-corrected chi connectivity index (χ3v) is 7.03. The van der Waals surface area contributed by atoms with Crippen molar-refractivity contribution >= 4 is 80.2 Å². The van der Waals surface area contributed by atoms with Gasteiger partial charge in [-0.25, -0.2) is 4.79 Å². The largest absolute Gasteiger partial charge is 0.478 e. The molecule has 0 aliphatic rings. The van der Waals surface area contributed by atoms with E-state index in [4.69, 9.17) is 39.9 Å². The van der Waals surface area contributed by atoms with E-state index in [0.717, 1.165) is 50.5 Å². The van der Waals surface area contributed by atoms with Gasteiger partial charge < -0.3 is 10.1 Å².